The van der Waals surface area contributed by atoms with E-state index in [0.717, 1.165) is 10.6 Å². The molecule has 0 saturated heterocycles. The number of alkyl halides is 2. The fourth-order valence-corrected chi connectivity index (χ4v) is 3.16. The van der Waals surface area contributed by atoms with Gasteiger partial charge in [-0.15, -0.1) is 10.2 Å². The van der Waals surface area contributed by atoms with Crippen LogP contribution in [0.3, 0.4) is 0 Å². The first-order chi connectivity index (χ1) is 14.4. The smallest absolute Gasteiger partial charge is 0.333 e. The van der Waals surface area contributed by atoms with Gasteiger partial charge in [-0.05, 0) is 42.5 Å². The lowest BCUT2D eigenvalue weighted by atomic mass is 10.0. The SMILES string of the molecule is [O-][n+]1cccc2cc(C(F)(F)c3nnc4ncc(-c5ccc(F)cc5)nn34)ccc21. The third-order valence-corrected chi connectivity index (χ3v) is 4.68. The highest BCUT2D eigenvalue weighted by Gasteiger charge is 2.40. The highest BCUT2D eigenvalue weighted by atomic mass is 19.3. The van der Waals surface area contributed by atoms with Gasteiger partial charge in [0.1, 0.15) is 11.5 Å². The summed E-state index contributed by atoms with van der Waals surface area (Å²) in [6.45, 7) is 0. The first-order valence-corrected chi connectivity index (χ1v) is 8.78. The van der Waals surface area contributed by atoms with Crippen LogP contribution in [0, 0.1) is 11.0 Å². The number of nitrogens with zero attached hydrogens (tertiary/aromatic N) is 6. The fraction of sp³-hybridized carbons (Fsp3) is 0.0500. The summed E-state index contributed by atoms with van der Waals surface area (Å²) in [4.78, 5) is 4.02. The average Bonchev–Trinajstić information content (AvgIpc) is 3.18. The maximum atomic E-state index is 15.3. The number of benzene rings is 2. The van der Waals surface area contributed by atoms with E-state index in [2.05, 4.69) is 20.3 Å². The van der Waals surface area contributed by atoms with Crippen molar-refractivity contribution in [3.05, 3.63) is 89.4 Å². The summed E-state index contributed by atoms with van der Waals surface area (Å²) < 4.78 is 45.3. The normalized spacial score (nSPS) is 12.0. The number of hydrogen-bond donors (Lipinski definition) is 0. The molecule has 0 radical (unpaired) electrons. The summed E-state index contributed by atoms with van der Waals surface area (Å²) in [6.07, 6.45) is 2.64. The molecule has 30 heavy (non-hydrogen) atoms. The van der Waals surface area contributed by atoms with Crippen LogP contribution in [0.2, 0.25) is 0 Å². The van der Waals surface area contributed by atoms with Gasteiger partial charge in [0.15, 0.2) is 6.20 Å². The number of halogens is 3. The summed E-state index contributed by atoms with van der Waals surface area (Å²) in [5.41, 5.74) is 0.649. The molecular weight excluding hydrogens is 397 g/mol. The van der Waals surface area contributed by atoms with Crippen molar-refractivity contribution in [3.63, 3.8) is 0 Å². The lowest BCUT2D eigenvalue weighted by Crippen LogP contribution is -2.26. The van der Waals surface area contributed by atoms with E-state index in [-0.39, 0.29) is 22.6 Å². The molecular formula is C20H11F3N6O. The molecule has 0 aliphatic heterocycles. The number of fused-ring (bicyclic) bond motifs is 2. The molecule has 2 aromatic carbocycles. The molecule has 0 bridgehead atoms. The van der Waals surface area contributed by atoms with Crippen LogP contribution < -0.4 is 4.73 Å². The molecule has 0 atom stereocenters. The van der Waals surface area contributed by atoms with E-state index in [1.165, 1.54) is 54.9 Å². The third-order valence-electron chi connectivity index (χ3n) is 4.68. The summed E-state index contributed by atoms with van der Waals surface area (Å²) >= 11 is 0. The third kappa shape index (κ3) is 2.81. The van der Waals surface area contributed by atoms with Crippen molar-refractivity contribution >= 4 is 16.7 Å². The van der Waals surface area contributed by atoms with Crippen LogP contribution in [-0.2, 0) is 5.92 Å². The van der Waals surface area contributed by atoms with Gasteiger partial charge in [-0.25, -0.2) is 9.37 Å². The molecule has 5 rings (SSSR count). The van der Waals surface area contributed by atoms with Gasteiger partial charge in [0.2, 0.25) is 11.3 Å². The number of aromatic nitrogens is 6. The standard InChI is InChI=1S/C20H11F3N6O/c21-15-6-3-12(4-7-15)16-11-24-19-26-25-18(29(19)27-16)20(22,23)14-5-8-17-13(10-14)2-1-9-28(17)30/h1-11H. The molecule has 7 nitrogen and oxygen atoms in total. The number of pyridine rings is 1. The minimum Gasteiger partial charge on any atom is -0.618 e. The largest absolute Gasteiger partial charge is 0.618 e. The van der Waals surface area contributed by atoms with Gasteiger partial charge in [-0.1, -0.05) is 0 Å². The molecule has 0 N–H and O–H groups in total. The predicted octanol–water partition coefficient (Wildman–Crippen LogP) is 3.25. The van der Waals surface area contributed by atoms with Crippen LogP contribution in [0.1, 0.15) is 11.4 Å². The molecule has 148 valence electrons. The second-order valence-corrected chi connectivity index (χ2v) is 6.57. The molecule has 3 aromatic heterocycles. The van der Waals surface area contributed by atoms with Gasteiger partial charge in [0.05, 0.1) is 6.20 Å². The minimum absolute atomic E-state index is 0.103. The first kappa shape index (κ1) is 18.0. The molecule has 0 fully saturated rings. The van der Waals surface area contributed by atoms with E-state index in [1.807, 2.05) is 0 Å². The molecule has 5 aromatic rings. The van der Waals surface area contributed by atoms with E-state index in [0.29, 0.717) is 15.7 Å². The number of rotatable bonds is 3. The van der Waals surface area contributed by atoms with Gasteiger partial charge in [-0.3, -0.25) is 0 Å². The highest BCUT2D eigenvalue weighted by molar-refractivity contribution is 5.76. The van der Waals surface area contributed by atoms with E-state index >= 15 is 8.78 Å². The maximum absolute atomic E-state index is 15.3. The lowest BCUT2D eigenvalue weighted by molar-refractivity contribution is -0.577. The Morgan fingerprint density at radius 2 is 1.80 bits per heavy atom. The molecule has 0 saturated carbocycles. The van der Waals surface area contributed by atoms with Crippen LogP contribution in [0.15, 0.2) is 67.0 Å². The van der Waals surface area contributed by atoms with Gasteiger partial charge in [0.25, 0.3) is 5.78 Å². The topological polar surface area (TPSA) is 82.9 Å². The van der Waals surface area contributed by atoms with Crippen LogP contribution >= 0.6 is 0 Å². The highest BCUT2D eigenvalue weighted by Crippen LogP contribution is 2.35. The zero-order valence-corrected chi connectivity index (χ0v) is 15.1. The quantitative estimate of drug-likeness (QED) is 0.338. The monoisotopic (exact) mass is 408 g/mol. The van der Waals surface area contributed by atoms with Gasteiger partial charge in [-0.2, -0.15) is 23.1 Å². The van der Waals surface area contributed by atoms with E-state index in [9.17, 15) is 9.60 Å². The van der Waals surface area contributed by atoms with Gasteiger partial charge in [0, 0.05) is 28.6 Å². The average molecular weight is 408 g/mol. The lowest BCUT2D eigenvalue weighted by Gasteiger charge is -2.15. The van der Waals surface area contributed by atoms with Crippen LogP contribution in [0.4, 0.5) is 13.2 Å². The zero-order chi connectivity index (χ0) is 20.9. The zero-order valence-electron chi connectivity index (χ0n) is 15.1. The summed E-state index contributed by atoms with van der Waals surface area (Å²) in [5.74, 6) is -4.82. The Morgan fingerprint density at radius 3 is 2.60 bits per heavy atom. The maximum Gasteiger partial charge on any atom is 0.333 e. The van der Waals surface area contributed by atoms with Crippen molar-refractivity contribution in [2.45, 2.75) is 5.92 Å². The minimum atomic E-state index is -3.56. The van der Waals surface area contributed by atoms with E-state index < -0.39 is 17.6 Å². The van der Waals surface area contributed by atoms with Crippen molar-refractivity contribution in [2.24, 2.45) is 0 Å². The first-order valence-electron chi connectivity index (χ1n) is 8.78. The van der Waals surface area contributed by atoms with E-state index in [4.69, 9.17) is 0 Å². The second-order valence-electron chi connectivity index (χ2n) is 6.57. The number of hydrogen-bond acceptors (Lipinski definition) is 5. The Morgan fingerprint density at radius 1 is 1.00 bits per heavy atom. The van der Waals surface area contributed by atoms with E-state index in [1.54, 1.807) is 6.07 Å². The van der Waals surface area contributed by atoms with Crippen molar-refractivity contribution in [1.29, 1.82) is 0 Å². The summed E-state index contributed by atoms with van der Waals surface area (Å²) in [7, 11) is 0. The summed E-state index contributed by atoms with van der Waals surface area (Å²) in [6, 6.07) is 12.2. The molecule has 0 spiro atoms. The Hall–Kier alpha value is -4.08. The predicted molar refractivity (Wildman–Crippen MR) is 99.9 cm³/mol. The molecule has 0 aliphatic rings. The van der Waals surface area contributed by atoms with Gasteiger partial charge >= 0.3 is 5.92 Å². The van der Waals surface area contributed by atoms with Crippen molar-refractivity contribution in [3.8, 4) is 11.3 Å². The molecule has 0 amide bonds. The Bertz CT molecular complexity index is 1400. The van der Waals surface area contributed by atoms with Crippen molar-refractivity contribution in [1.82, 2.24) is 24.8 Å². The molecule has 0 aliphatic carbocycles. The van der Waals surface area contributed by atoms with Gasteiger partial charge < -0.3 is 5.21 Å². The fourth-order valence-electron chi connectivity index (χ4n) is 3.16. The molecule has 3 heterocycles. The van der Waals surface area contributed by atoms with Crippen LogP contribution in [-0.4, -0.2) is 24.8 Å². The van der Waals surface area contributed by atoms with Crippen LogP contribution in [0.5, 0.6) is 0 Å². The Kier molecular flexibility index (Phi) is 3.88. The van der Waals surface area contributed by atoms with Crippen molar-refractivity contribution in [2.75, 3.05) is 0 Å². The van der Waals surface area contributed by atoms with Crippen LogP contribution in [0.25, 0.3) is 27.9 Å². The Balaban J connectivity index is 1.64. The summed E-state index contributed by atoms with van der Waals surface area (Å²) in [5, 5.41) is 23.6. The molecule has 0 unspecified atom stereocenters. The van der Waals surface area contributed by atoms with Crippen molar-refractivity contribution < 1.29 is 17.9 Å². The second kappa shape index (κ2) is 6.48. The molecule has 10 heteroatoms. The Labute approximate surface area is 166 Å².